The summed E-state index contributed by atoms with van der Waals surface area (Å²) in [6.45, 7) is 4.22. The number of ketones is 1. The van der Waals surface area contributed by atoms with Gasteiger partial charge in [-0.3, -0.25) is 4.79 Å². The Hall–Kier alpha value is -1.38. The average molecular weight is 222 g/mol. The maximum atomic E-state index is 11.4. The van der Waals surface area contributed by atoms with Gasteiger partial charge in [0.25, 0.3) is 0 Å². The molecular weight excluding hydrogens is 204 g/mol. The maximum absolute atomic E-state index is 11.4. The molecule has 1 aliphatic rings. The SMILES string of the molecule is CCOC(=O)/C=C/C1=CC(=O)CC(CC)C1. The minimum absolute atomic E-state index is 0.154. The predicted molar refractivity (Wildman–Crippen MR) is 61.9 cm³/mol. The molecule has 0 aromatic heterocycles. The molecule has 0 fully saturated rings. The average Bonchev–Trinajstić information content (AvgIpc) is 2.26. The number of carbonyl (C=O) groups is 2. The van der Waals surface area contributed by atoms with Gasteiger partial charge in [-0.25, -0.2) is 4.79 Å². The van der Waals surface area contributed by atoms with Crippen molar-refractivity contribution in [3.05, 3.63) is 23.8 Å². The van der Waals surface area contributed by atoms with Gasteiger partial charge in [0, 0.05) is 12.5 Å². The Morgan fingerprint density at radius 2 is 2.25 bits per heavy atom. The van der Waals surface area contributed by atoms with Gasteiger partial charge in [-0.2, -0.15) is 0 Å². The molecule has 0 spiro atoms. The molecule has 0 saturated carbocycles. The van der Waals surface area contributed by atoms with Crippen molar-refractivity contribution < 1.29 is 14.3 Å². The lowest BCUT2D eigenvalue weighted by atomic mass is 9.86. The second kappa shape index (κ2) is 6.26. The third-order valence-corrected chi connectivity index (χ3v) is 2.66. The lowest BCUT2D eigenvalue weighted by molar-refractivity contribution is -0.137. The summed E-state index contributed by atoms with van der Waals surface area (Å²) in [5, 5.41) is 0. The number of hydrogen-bond donors (Lipinski definition) is 0. The summed E-state index contributed by atoms with van der Waals surface area (Å²) < 4.78 is 4.78. The van der Waals surface area contributed by atoms with E-state index in [4.69, 9.17) is 4.74 Å². The minimum Gasteiger partial charge on any atom is -0.463 e. The fourth-order valence-corrected chi connectivity index (χ4v) is 1.78. The normalized spacial score (nSPS) is 21.0. The zero-order chi connectivity index (χ0) is 12.0. The third-order valence-electron chi connectivity index (χ3n) is 2.66. The Bertz CT molecular complexity index is 326. The minimum atomic E-state index is -0.352. The van der Waals surface area contributed by atoms with Crippen molar-refractivity contribution in [3.63, 3.8) is 0 Å². The fraction of sp³-hybridized carbons (Fsp3) is 0.538. The fourth-order valence-electron chi connectivity index (χ4n) is 1.78. The number of rotatable bonds is 4. The predicted octanol–water partition coefficient (Wildman–Crippen LogP) is 2.42. The summed E-state index contributed by atoms with van der Waals surface area (Å²) >= 11 is 0. The second-order valence-corrected chi connectivity index (χ2v) is 3.95. The van der Waals surface area contributed by atoms with Crippen LogP contribution in [0.2, 0.25) is 0 Å². The lowest BCUT2D eigenvalue weighted by Crippen LogP contribution is -2.12. The summed E-state index contributed by atoms with van der Waals surface area (Å²) in [5.74, 6) is 0.218. The Morgan fingerprint density at radius 3 is 2.88 bits per heavy atom. The van der Waals surface area contributed by atoms with Crippen LogP contribution in [0.3, 0.4) is 0 Å². The van der Waals surface area contributed by atoms with Crippen molar-refractivity contribution in [1.29, 1.82) is 0 Å². The highest BCUT2D eigenvalue weighted by Crippen LogP contribution is 2.25. The zero-order valence-corrected chi connectivity index (χ0v) is 9.86. The number of carbonyl (C=O) groups excluding carboxylic acids is 2. The van der Waals surface area contributed by atoms with Crippen LogP contribution in [0, 0.1) is 5.92 Å². The molecule has 1 rings (SSSR count). The molecule has 0 aromatic carbocycles. The van der Waals surface area contributed by atoms with Crippen LogP contribution < -0.4 is 0 Å². The van der Waals surface area contributed by atoms with Crippen LogP contribution in [0.25, 0.3) is 0 Å². The van der Waals surface area contributed by atoms with E-state index < -0.39 is 0 Å². The second-order valence-electron chi connectivity index (χ2n) is 3.95. The highest BCUT2D eigenvalue weighted by Gasteiger charge is 2.17. The molecule has 0 bridgehead atoms. The van der Waals surface area contributed by atoms with E-state index in [1.165, 1.54) is 6.08 Å². The van der Waals surface area contributed by atoms with Gasteiger partial charge in [-0.15, -0.1) is 0 Å². The molecule has 3 nitrogen and oxygen atoms in total. The molecule has 0 saturated heterocycles. The molecule has 0 aliphatic heterocycles. The first kappa shape index (κ1) is 12.7. The first-order valence-electron chi connectivity index (χ1n) is 5.74. The van der Waals surface area contributed by atoms with Gasteiger partial charge >= 0.3 is 5.97 Å². The topological polar surface area (TPSA) is 43.4 Å². The molecule has 3 heteroatoms. The summed E-state index contributed by atoms with van der Waals surface area (Å²) in [4.78, 5) is 22.5. The van der Waals surface area contributed by atoms with Crippen LogP contribution in [0.4, 0.5) is 0 Å². The summed E-state index contributed by atoms with van der Waals surface area (Å²) in [6.07, 6.45) is 7.21. The Balaban J connectivity index is 2.59. The Kier molecular flexibility index (Phi) is 4.96. The van der Waals surface area contributed by atoms with Crippen LogP contribution in [0.5, 0.6) is 0 Å². The summed E-state index contributed by atoms with van der Waals surface area (Å²) in [6, 6.07) is 0. The highest BCUT2D eigenvalue weighted by molar-refractivity contribution is 5.92. The van der Waals surface area contributed by atoms with Crippen LogP contribution in [0.1, 0.15) is 33.1 Å². The van der Waals surface area contributed by atoms with Gasteiger partial charge in [0.1, 0.15) is 0 Å². The lowest BCUT2D eigenvalue weighted by Gasteiger charge is -2.18. The summed E-state index contributed by atoms with van der Waals surface area (Å²) in [5.41, 5.74) is 0.927. The number of esters is 1. The molecule has 16 heavy (non-hydrogen) atoms. The van der Waals surface area contributed by atoms with Crippen molar-refractivity contribution >= 4 is 11.8 Å². The van der Waals surface area contributed by atoms with Crippen molar-refractivity contribution in [3.8, 4) is 0 Å². The molecule has 0 amide bonds. The van der Waals surface area contributed by atoms with Gasteiger partial charge in [-0.1, -0.05) is 19.4 Å². The van der Waals surface area contributed by atoms with E-state index in [0.29, 0.717) is 18.9 Å². The van der Waals surface area contributed by atoms with Crippen LogP contribution in [-0.2, 0) is 14.3 Å². The zero-order valence-electron chi connectivity index (χ0n) is 9.86. The van der Waals surface area contributed by atoms with Crippen molar-refractivity contribution in [2.75, 3.05) is 6.61 Å². The molecule has 0 heterocycles. The first-order valence-corrected chi connectivity index (χ1v) is 5.74. The molecule has 1 aliphatic carbocycles. The van der Waals surface area contributed by atoms with Gasteiger partial charge in [-0.05, 0) is 30.9 Å². The quantitative estimate of drug-likeness (QED) is 0.542. The number of allylic oxidation sites excluding steroid dienone is 3. The molecule has 1 unspecified atom stereocenters. The van der Waals surface area contributed by atoms with Crippen LogP contribution in [-0.4, -0.2) is 18.4 Å². The molecule has 0 N–H and O–H groups in total. The van der Waals surface area contributed by atoms with Gasteiger partial charge < -0.3 is 4.74 Å². The first-order chi connectivity index (χ1) is 7.65. The standard InChI is InChI=1S/C13H18O3/c1-3-10-7-11(9-12(14)8-10)5-6-13(15)16-4-2/h5-6,9-10H,3-4,7-8H2,1-2H3/b6-5+. The van der Waals surface area contributed by atoms with E-state index in [2.05, 4.69) is 6.92 Å². The van der Waals surface area contributed by atoms with E-state index in [0.717, 1.165) is 18.4 Å². The Morgan fingerprint density at radius 1 is 1.50 bits per heavy atom. The number of hydrogen-bond acceptors (Lipinski definition) is 3. The van der Waals surface area contributed by atoms with E-state index in [-0.39, 0.29) is 11.8 Å². The van der Waals surface area contributed by atoms with Crippen molar-refractivity contribution in [2.24, 2.45) is 5.92 Å². The van der Waals surface area contributed by atoms with Crippen molar-refractivity contribution in [2.45, 2.75) is 33.1 Å². The van der Waals surface area contributed by atoms with Crippen LogP contribution >= 0.6 is 0 Å². The van der Waals surface area contributed by atoms with Gasteiger partial charge in [0.2, 0.25) is 0 Å². The highest BCUT2D eigenvalue weighted by atomic mass is 16.5. The van der Waals surface area contributed by atoms with Gasteiger partial charge in [0.15, 0.2) is 5.78 Å². The summed E-state index contributed by atoms with van der Waals surface area (Å²) in [7, 11) is 0. The van der Waals surface area contributed by atoms with E-state index in [9.17, 15) is 9.59 Å². The molecular formula is C13H18O3. The third kappa shape index (κ3) is 4.01. The van der Waals surface area contributed by atoms with E-state index in [1.54, 1.807) is 19.1 Å². The molecule has 1 atom stereocenters. The molecule has 0 radical (unpaired) electrons. The van der Waals surface area contributed by atoms with E-state index >= 15 is 0 Å². The maximum Gasteiger partial charge on any atom is 0.330 e. The Labute approximate surface area is 96.2 Å². The number of ether oxygens (including phenoxy) is 1. The smallest absolute Gasteiger partial charge is 0.330 e. The van der Waals surface area contributed by atoms with Crippen LogP contribution in [0.15, 0.2) is 23.8 Å². The van der Waals surface area contributed by atoms with Gasteiger partial charge in [0.05, 0.1) is 6.61 Å². The van der Waals surface area contributed by atoms with Crippen molar-refractivity contribution in [1.82, 2.24) is 0 Å². The van der Waals surface area contributed by atoms with E-state index in [1.807, 2.05) is 0 Å². The molecule has 88 valence electrons. The monoisotopic (exact) mass is 222 g/mol. The molecule has 0 aromatic rings. The largest absolute Gasteiger partial charge is 0.463 e.